The zero-order valence-corrected chi connectivity index (χ0v) is 11.9. The van der Waals surface area contributed by atoms with Gasteiger partial charge in [0.1, 0.15) is 0 Å². The van der Waals surface area contributed by atoms with E-state index in [1.165, 1.54) is 16.7 Å². The van der Waals surface area contributed by atoms with Gasteiger partial charge in [-0.05, 0) is 36.1 Å². The zero-order chi connectivity index (χ0) is 13.0. The second-order valence-electron chi connectivity index (χ2n) is 4.43. The largest absolute Gasteiger partial charge is 0.271 e. The monoisotopic (exact) mass is 304 g/mol. The molecule has 2 nitrogen and oxygen atoms in total. The molecule has 2 rings (SSSR count). The lowest BCUT2D eigenvalue weighted by Gasteiger charge is -2.18. The van der Waals surface area contributed by atoms with Crippen LogP contribution in [0.5, 0.6) is 0 Å². The van der Waals surface area contributed by atoms with E-state index in [-0.39, 0.29) is 6.04 Å². The Kier molecular flexibility index (Phi) is 4.53. The predicted octanol–water partition coefficient (Wildman–Crippen LogP) is 3.50. The first kappa shape index (κ1) is 13.3. The minimum absolute atomic E-state index is 0.113. The van der Waals surface area contributed by atoms with Crippen LogP contribution in [0.4, 0.5) is 0 Å². The molecular formula is C15H17BrN2. The summed E-state index contributed by atoms with van der Waals surface area (Å²) in [6.45, 7) is 2.08. The molecule has 0 saturated carbocycles. The van der Waals surface area contributed by atoms with Crippen LogP contribution < -0.4 is 11.3 Å². The van der Waals surface area contributed by atoms with Crippen LogP contribution in [0, 0.1) is 6.92 Å². The number of hydrazine groups is 1. The van der Waals surface area contributed by atoms with Crippen LogP contribution in [0.3, 0.4) is 0 Å². The summed E-state index contributed by atoms with van der Waals surface area (Å²) in [6, 6.07) is 16.8. The Morgan fingerprint density at radius 2 is 1.89 bits per heavy atom. The third-order valence-electron chi connectivity index (χ3n) is 3.02. The molecule has 0 aliphatic carbocycles. The maximum absolute atomic E-state index is 5.69. The second kappa shape index (κ2) is 6.14. The molecule has 3 heteroatoms. The summed E-state index contributed by atoms with van der Waals surface area (Å²) in [6.07, 6.45) is 0.874. The third-order valence-corrected chi connectivity index (χ3v) is 3.70. The summed E-state index contributed by atoms with van der Waals surface area (Å²) in [5.41, 5.74) is 6.59. The van der Waals surface area contributed by atoms with Gasteiger partial charge in [0.15, 0.2) is 0 Å². The molecule has 0 saturated heterocycles. The molecule has 18 heavy (non-hydrogen) atoms. The standard InChI is InChI=1S/C15H17BrN2/c1-11-7-8-13(14(16)9-11)15(18-17)10-12-5-3-2-4-6-12/h2-9,15,18H,10,17H2,1H3. The van der Waals surface area contributed by atoms with E-state index in [9.17, 15) is 0 Å². The van der Waals surface area contributed by atoms with Crippen molar-refractivity contribution in [2.45, 2.75) is 19.4 Å². The topological polar surface area (TPSA) is 38.0 Å². The van der Waals surface area contributed by atoms with E-state index in [0.717, 1.165) is 10.9 Å². The van der Waals surface area contributed by atoms with E-state index in [1.807, 2.05) is 18.2 Å². The Bertz CT molecular complexity index is 511. The molecule has 0 heterocycles. The van der Waals surface area contributed by atoms with E-state index in [1.54, 1.807) is 0 Å². The highest BCUT2D eigenvalue weighted by atomic mass is 79.9. The van der Waals surface area contributed by atoms with Crippen LogP contribution in [0.15, 0.2) is 53.0 Å². The van der Waals surface area contributed by atoms with Gasteiger partial charge < -0.3 is 0 Å². The Hall–Kier alpha value is -1.16. The van der Waals surface area contributed by atoms with Gasteiger partial charge in [0.25, 0.3) is 0 Å². The van der Waals surface area contributed by atoms with Crippen LogP contribution >= 0.6 is 15.9 Å². The van der Waals surface area contributed by atoms with Crippen molar-refractivity contribution in [1.82, 2.24) is 5.43 Å². The Morgan fingerprint density at radius 1 is 1.17 bits per heavy atom. The first-order valence-electron chi connectivity index (χ1n) is 5.97. The molecule has 0 amide bonds. The van der Waals surface area contributed by atoms with Crippen LogP contribution in [-0.4, -0.2) is 0 Å². The number of hydrogen-bond acceptors (Lipinski definition) is 2. The molecule has 1 atom stereocenters. The van der Waals surface area contributed by atoms with Gasteiger partial charge in [-0.3, -0.25) is 11.3 Å². The molecule has 0 aliphatic heterocycles. The van der Waals surface area contributed by atoms with Crippen LogP contribution in [-0.2, 0) is 6.42 Å². The lowest BCUT2D eigenvalue weighted by molar-refractivity contribution is 0.550. The summed E-state index contributed by atoms with van der Waals surface area (Å²) in [5.74, 6) is 5.69. The summed E-state index contributed by atoms with van der Waals surface area (Å²) >= 11 is 3.61. The molecule has 1 unspecified atom stereocenters. The van der Waals surface area contributed by atoms with Crippen molar-refractivity contribution in [3.8, 4) is 0 Å². The van der Waals surface area contributed by atoms with Crippen molar-refractivity contribution in [3.05, 3.63) is 69.7 Å². The Morgan fingerprint density at radius 3 is 2.50 bits per heavy atom. The fraction of sp³-hybridized carbons (Fsp3) is 0.200. The molecule has 0 aromatic heterocycles. The lowest BCUT2D eigenvalue weighted by Crippen LogP contribution is -2.29. The van der Waals surface area contributed by atoms with E-state index in [4.69, 9.17) is 5.84 Å². The highest BCUT2D eigenvalue weighted by molar-refractivity contribution is 9.10. The van der Waals surface area contributed by atoms with Crippen LogP contribution in [0.1, 0.15) is 22.7 Å². The van der Waals surface area contributed by atoms with Gasteiger partial charge in [0.2, 0.25) is 0 Å². The SMILES string of the molecule is Cc1ccc(C(Cc2ccccc2)NN)c(Br)c1. The first-order chi connectivity index (χ1) is 8.70. The highest BCUT2D eigenvalue weighted by Crippen LogP contribution is 2.26. The number of rotatable bonds is 4. The zero-order valence-electron chi connectivity index (χ0n) is 10.4. The number of hydrogen-bond donors (Lipinski definition) is 2. The molecule has 0 bridgehead atoms. The quantitative estimate of drug-likeness (QED) is 0.670. The fourth-order valence-corrected chi connectivity index (χ4v) is 2.79. The smallest absolute Gasteiger partial charge is 0.0511 e. The van der Waals surface area contributed by atoms with E-state index in [2.05, 4.69) is 58.6 Å². The van der Waals surface area contributed by atoms with Gasteiger partial charge in [0, 0.05) is 4.47 Å². The van der Waals surface area contributed by atoms with Crippen LogP contribution in [0.25, 0.3) is 0 Å². The van der Waals surface area contributed by atoms with Crippen LogP contribution in [0.2, 0.25) is 0 Å². The molecule has 2 aromatic rings. The van der Waals surface area contributed by atoms with Crippen molar-refractivity contribution in [1.29, 1.82) is 0 Å². The summed E-state index contributed by atoms with van der Waals surface area (Å²) in [7, 11) is 0. The minimum atomic E-state index is 0.113. The van der Waals surface area contributed by atoms with Gasteiger partial charge in [-0.2, -0.15) is 0 Å². The Labute approximate surface area is 116 Å². The molecule has 0 aliphatic rings. The molecule has 2 aromatic carbocycles. The summed E-state index contributed by atoms with van der Waals surface area (Å²) in [4.78, 5) is 0. The van der Waals surface area contributed by atoms with E-state index in [0.29, 0.717) is 0 Å². The van der Waals surface area contributed by atoms with Gasteiger partial charge in [-0.25, -0.2) is 0 Å². The van der Waals surface area contributed by atoms with E-state index < -0.39 is 0 Å². The average molecular weight is 305 g/mol. The predicted molar refractivity (Wildman–Crippen MR) is 79.1 cm³/mol. The maximum Gasteiger partial charge on any atom is 0.0511 e. The molecule has 0 spiro atoms. The van der Waals surface area contributed by atoms with Gasteiger partial charge in [0.05, 0.1) is 6.04 Å². The number of aryl methyl sites for hydroxylation is 1. The normalized spacial score (nSPS) is 12.4. The van der Waals surface area contributed by atoms with Gasteiger partial charge in [-0.1, -0.05) is 58.4 Å². The summed E-state index contributed by atoms with van der Waals surface area (Å²) < 4.78 is 1.10. The minimum Gasteiger partial charge on any atom is -0.271 e. The first-order valence-corrected chi connectivity index (χ1v) is 6.76. The van der Waals surface area contributed by atoms with Crippen molar-refractivity contribution in [3.63, 3.8) is 0 Å². The summed E-state index contributed by atoms with van der Waals surface area (Å²) in [5, 5.41) is 0. The number of nitrogens with two attached hydrogens (primary N) is 1. The van der Waals surface area contributed by atoms with E-state index >= 15 is 0 Å². The number of nitrogens with one attached hydrogen (secondary N) is 1. The highest BCUT2D eigenvalue weighted by Gasteiger charge is 2.13. The van der Waals surface area contributed by atoms with Crippen molar-refractivity contribution >= 4 is 15.9 Å². The van der Waals surface area contributed by atoms with Crippen molar-refractivity contribution < 1.29 is 0 Å². The maximum atomic E-state index is 5.69. The molecule has 0 fully saturated rings. The third kappa shape index (κ3) is 3.19. The van der Waals surface area contributed by atoms with Gasteiger partial charge in [-0.15, -0.1) is 0 Å². The fourth-order valence-electron chi connectivity index (χ4n) is 2.02. The lowest BCUT2D eigenvalue weighted by atomic mass is 9.98. The average Bonchev–Trinajstić information content (AvgIpc) is 2.38. The number of benzene rings is 2. The Balaban J connectivity index is 2.23. The van der Waals surface area contributed by atoms with Crippen molar-refractivity contribution in [2.75, 3.05) is 0 Å². The molecular weight excluding hydrogens is 288 g/mol. The number of halogens is 1. The second-order valence-corrected chi connectivity index (χ2v) is 5.29. The van der Waals surface area contributed by atoms with Crippen molar-refractivity contribution in [2.24, 2.45) is 5.84 Å². The molecule has 94 valence electrons. The molecule has 3 N–H and O–H groups in total. The van der Waals surface area contributed by atoms with Gasteiger partial charge >= 0.3 is 0 Å². The molecule has 0 radical (unpaired) electrons.